The van der Waals surface area contributed by atoms with Crippen molar-refractivity contribution in [1.82, 2.24) is 14.8 Å². The number of thioether (sulfide) groups is 1. The van der Waals surface area contributed by atoms with E-state index >= 15 is 0 Å². The summed E-state index contributed by atoms with van der Waals surface area (Å²) in [7, 11) is 0. The van der Waals surface area contributed by atoms with Gasteiger partial charge in [0, 0.05) is 29.3 Å². The normalized spacial score (nSPS) is 12.9. The number of hydrogen-bond donors (Lipinski definition) is 0. The van der Waals surface area contributed by atoms with Crippen molar-refractivity contribution in [1.29, 1.82) is 0 Å². The van der Waals surface area contributed by atoms with Gasteiger partial charge in [-0.2, -0.15) is 0 Å². The van der Waals surface area contributed by atoms with Gasteiger partial charge in [0.25, 0.3) is 0 Å². The minimum atomic E-state index is -0.312. The number of nitrogens with zero attached hydrogens (tertiary/aromatic N) is 3. The lowest BCUT2D eigenvalue weighted by atomic mass is 10.0. The Hall–Kier alpha value is -3.12. The lowest BCUT2D eigenvalue weighted by Crippen LogP contribution is -2.03. The van der Waals surface area contributed by atoms with Gasteiger partial charge < -0.3 is 4.42 Å². The number of fused-ring (bicyclic) bond motifs is 2. The van der Waals surface area contributed by atoms with Gasteiger partial charge in [0.05, 0.1) is 0 Å². The SMILES string of the molecule is C=CCn1c(SCc2cc(=O)oc3cc4c(cc23)CCC4)nnc1-c1ccccc1. The van der Waals surface area contributed by atoms with Gasteiger partial charge in [-0.05, 0) is 48.1 Å². The van der Waals surface area contributed by atoms with Crippen LogP contribution in [0, 0.1) is 0 Å². The van der Waals surface area contributed by atoms with Gasteiger partial charge in [0.1, 0.15) is 5.58 Å². The molecule has 0 bridgehead atoms. The van der Waals surface area contributed by atoms with Gasteiger partial charge >= 0.3 is 5.63 Å². The Morgan fingerprint density at radius 3 is 2.70 bits per heavy atom. The maximum atomic E-state index is 12.2. The molecule has 0 radical (unpaired) electrons. The Labute approximate surface area is 178 Å². The zero-order valence-corrected chi connectivity index (χ0v) is 17.3. The van der Waals surface area contributed by atoms with E-state index in [1.54, 1.807) is 17.8 Å². The van der Waals surface area contributed by atoms with Crippen LogP contribution in [0.2, 0.25) is 0 Å². The minimum Gasteiger partial charge on any atom is -0.423 e. The van der Waals surface area contributed by atoms with Crippen molar-refractivity contribution < 1.29 is 4.42 Å². The highest BCUT2D eigenvalue weighted by Crippen LogP contribution is 2.32. The van der Waals surface area contributed by atoms with Crippen LogP contribution in [-0.2, 0) is 25.1 Å². The second kappa shape index (κ2) is 7.95. The summed E-state index contributed by atoms with van der Waals surface area (Å²) in [5, 5.41) is 10.6. The molecule has 0 atom stereocenters. The van der Waals surface area contributed by atoms with Crippen molar-refractivity contribution in [3.8, 4) is 11.4 Å². The second-order valence-electron chi connectivity index (χ2n) is 7.42. The average Bonchev–Trinajstić information content (AvgIpc) is 3.38. The summed E-state index contributed by atoms with van der Waals surface area (Å²) < 4.78 is 7.55. The minimum absolute atomic E-state index is 0.312. The maximum absolute atomic E-state index is 12.2. The molecule has 0 saturated carbocycles. The molecule has 0 amide bonds. The summed E-state index contributed by atoms with van der Waals surface area (Å²) in [5.74, 6) is 1.43. The fourth-order valence-corrected chi connectivity index (χ4v) is 4.99. The van der Waals surface area contributed by atoms with Gasteiger partial charge in [-0.1, -0.05) is 48.2 Å². The highest BCUT2D eigenvalue weighted by molar-refractivity contribution is 7.98. The Morgan fingerprint density at radius 2 is 1.90 bits per heavy atom. The smallest absolute Gasteiger partial charge is 0.336 e. The largest absolute Gasteiger partial charge is 0.423 e. The lowest BCUT2D eigenvalue weighted by Gasteiger charge is -2.09. The molecular formula is C24H21N3O2S. The first-order valence-corrected chi connectivity index (χ1v) is 11.0. The molecule has 5 nitrogen and oxygen atoms in total. The van der Waals surface area contributed by atoms with Gasteiger partial charge in [0.2, 0.25) is 0 Å². The van der Waals surface area contributed by atoms with Crippen molar-refractivity contribution in [2.24, 2.45) is 0 Å². The van der Waals surface area contributed by atoms with Crippen molar-refractivity contribution >= 4 is 22.7 Å². The first-order chi connectivity index (χ1) is 14.7. The summed E-state index contributed by atoms with van der Waals surface area (Å²) in [5.41, 5.74) is 5.01. The van der Waals surface area contributed by atoms with Crippen LogP contribution in [0.3, 0.4) is 0 Å². The van der Waals surface area contributed by atoms with E-state index in [-0.39, 0.29) is 5.63 Å². The Kier molecular flexibility index (Phi) is 5.01. The van der Waals surface area contributed by atoms with E-state index in [4.69, 9.17) is 4.42 Å². The molecule has 2 aromatic carbocycles. The molecule has 30 heavy (non-hydrogen) atoms. The van der Waals surface area contributed by atoms with Crippen molar-refractivity contribution in [3.05, 3.63) is 88.3 Å². The standard InChI is InChI=1S/C24H21N3O2S/c1-2-11-27-23(16-7-4-3-5-8-16)25-26-24(27)30-15-19-14-22(28)29-21-13-18-10-6-9-17(18)12-20(19)21/h2-5,7-8,12-14H,1,6,9-11,15H2. The molecule has 150 valence electrons. The van der Waals surface area contributed by atoms with Crippen LogP contribution in [0.15, 0.2) is 75.6 Å². The second-order valence-corrected chi connectivity index (χ2v) is 8.36. The number of aryl methyl sites for hydroxylation is 2. The fraction of sp³-hybridized carbons (Fsp3) is 0.208. The lowest BCUT2D eigenvalue weighted by molar-refractivity contribution is 0.559. The average molecular weight is 416 g/mol. The van der Waals surface area contributed by atoms with Crippen LogP contribution in [0.4, 0.5) is 0 Å². The number of benzene rings is 2. The first-order valence-electron chi connectivity index (χ1n) is 10.0. The van der Waals surface area contributed by atoms with Crippen molar-refractivity contribution in [2.75, 3.05) is 0 Å². The fourth-order valence-electron chi connectivity index (χ4n) is 4.05. The predicted octanol–water partition coefficient (Wildman–Crippen LogP) is 5.02. The van der Waals surface area contributed by atoms with Crippen LogP contribution in [-0.4, -0.2) is 14.8 Å². The molecule has 6 heteroatoms. The summed E-state index contributed by atoms with van der Waals surface area (Å²) in [6, 6.07) is 15.8. The third-order valence-electron chi connectivity index (χ3n) is 5.46. The third-order valence-corrected chi connectivity index (χ3v) is 6.48. The molecular weight excluding hydrogens is 394 g/mol. The molecule has 0 N–H and O–H groups in total. The van der Waals surface area contributed by atoms with Crippen LogP contribution >= 0.6 is 11.8 Å². The zero-order chi connectivity index (χ0) is 20.5. The molecule has 2 heterocycles. The van der Waals surface area contributed by atoms with Crippen LogP contribution in [0.1, 0.15) is 23.1 Å². The molecule has 0 spiro atoms. The predicted molar refractivity (Wildman–Crippen MR) is 120 cm³/mol. The molecule has 4 aromatic rings. The highest BCUT2D eigenvalue weighted by Gasteiger charge is 2.17. The van der Waals surface area contributed by atoms with E-state index < -0.39 is 0 Å². The van der Waals surface area contributed by atoms with Gasteiger partial charge in [-0.15, -0.1) is 16.8 Å². The van der Waals surface area contributed by atoms with Crippen LogP contribution in [0.5, 0.6) is 0 Å². The monoisotopic (exact) mass is 415 g/mol. The van der Waals surface area contributed by atoms with Gasteiger partial charge in [-0.25, -0.2) is 4.79 Å². The Balaban J connectivity index is 1.49. The Morgan fingerprint density at radius 1 is 1.10 bits per heavy atom. The topological polar surface area (TPSA) is 60.9 Å². The first kappa shape index (κ1) is 18.9. The summed E-state index contributed by atoms with van der Waals surface area (Å²) in [6.45, 7) is 4.49. The highest BCUT2D eigenvalue weighted by atomic mass is 32.2. The number of allylic oxidation sites excluding steroid dienone is 1. The zero-order valence-electron chi connectivity index (χ0n) is 16.5. The summed E-state index contributed by atoms with van der Waals surface area (Å²) in [4.78, 5) is 12.2. The summed E-state index contributed by atoms with van der Waals surface area (Å²) >= 11 is 1.57. The summed E-state index contributed by atoms with van der Waals surface area (Å²) in [6.07, 6.45) is 5.15. The third kappa shape index (κ3) is 3.48. The van der Waals surface area contributed by atoms with Gasteiger partial charge in [-0.3, -0.25) is 4.57 Å². The molecule has 0 unspecified atom stereocenters. The van der Waals surface area contributed by atoms with E-state index in [0.29, 0.717) is 17.9 Å². The van der Waals surface area contributed by atoms with Crippen molar-refractivity contribution in [2.45, 2.75) is 36.7 Å². The Bertz CT molecular complexity index is 1290. The van der Waals surface area contributed by atoms with E-state index in [9.17, 15) is 4.79 Å². The van der Waals surface area contributed by atoms with E-state index in [1.165, 1.54) is 11.1 Å². The van der Waals surface area contributed by atoms with Crippen molar-refractivity contribution in [3.63, 3.8) is 0 Å². The molecule has 0 aliphatic heterocycles. The number of rotatable bonds is 6. The molecule has 2 aromatic heterocycles. The maximum Gasteiger partial charge on any atom is 0.336 e. The molecule has 0 saturated heterocycles. The van der Waals surface area contributed by atoms with E-state index in [2.05, 4.69) is 27.4 Å². The molecule has 5 rings (SSSR count). The molecule has 0 fully saturated rings. The quantitative estimate of drug-likeness (QED) is 0.251. The van der Waals surface area contributed by atoms with Crippen LogP contribution < -0.4 is 5.63 Å². The van der Waals surface area contributed by atoms with Gasteiger partial charge in [0.15, 0.2) is 11.0 Å². The van der Waals surface area contributed by atoms with Crippen LogP contribution in [0.25, 0.3) is 22.4 Å². The van der Waals surface area contributed by atoms with E-state index in [0.717, 1.165) is 46.8 Å². The molecule has 1 aliphatic rings. The number of aromatic nitrogens is 3. The van der Waals surface area contributed by atoms with E-state index in [1.807, 2.05) is 42.5 Å². The molecule has 1 aliphatic carbocycles. The number of hydrogen-bond acceptors (Lipinski definition) is 5.